The molecule has 0 saturated carbocycles. The highest BCUT2D eigenvalue weighted by atomic mass is 35.5. The van der Waals surface area contributed by atoms with E-state index in [0.717, 1.165) is 34.5 Å². The third kappa shape index (κ3) is 5.90. The van der Waals surface area contributed by atoms with Crippen LogP contribution in [0.15, 0.2) is 30.3 Å². The van der Waals surface area contributed by atoms with Crippen LogP contribution in [-0.4, -0.2) is 73.6 Å². The third-order valence-corrected chi connectivity index (χ3v) is 5.42. The van der Waals surface area contributed by atoms with E-state index in [4.69, 9.17) is 26.3 Å². The zero-order chi connectivity index (χ0) is 21.7. The van der Waals surface area contributed by atoms with E-state index in [1.807, 2.05) is 55.2 Å². The highest BCUT2D eigenvalue weighted by Gasteiger charge is 2.32. The summed E-state index contributed by atoms with van der Waals surface area (Å²) in [6.45, 7) is 3.19. The second-order valence-electron chi connectivity index (χ2n) is 8.00. The van der Waals surface area contributed by atoms with E-state index >= 15 is 0 Å². The average Bonchev–Trinajstić information content (AvgIpc) is 3.06. The monoisotopic (exact) mass is 431 g/mol. The van der Waals surface area contributed by atoms with Gasteiger partial charge in [0.1, 0.15) is 11.6 Å². The summed E-state index contributed by atoms with van der Waals surface area (Å²) in [6, 6.07) is 9.86. The van der Waals surface area contributed by atoms with Crippen LogP contribution in [0.2, 0.25) is 5.02 Å². The molecule has 0 bridgehead atoms. The molecule has 1 amide bonds. The summed E-state index contributed by atoms with van der Waals surface area (Å²) in [5.74, 6) is 1.84. The second-order valence-corrected chi connectivity index (χ2v) is 8.43. The van der Waals surface area contributed by atoms with Gasteiger partial charge in [-0.25, -0.2) is 9.97 Å². The van der Waals surface area contributed by atoms with Gasteiger partial charge in [-0.1, -0.05) is 23.7 Å². The molecule has 0 N–H and O–H groups in total. The summed E-state index contributed by atoms with van der Waals surface area (Å²) in [5, 5.41) is 0.734. The van der Waals surface area contributed by atoms with Crippen molar-refractivity contribution in [1.29, 1.82) is 0 Å². The van der Waals surface area contributed by atoms with Crippen LogP contribution in [0, 0.1) is 0 Å². The standard InChI is InChI=1S/C22H30ClN5O2/c1-26(2)21-12-19(17-11-22(29)28(14-17)8-9-30-4)24-20(25-21)15-27(3)13-16-6-5-7-18(23)10-16/h5-7,10,12,17H,8-9,11,13-15H2,1-4H3. The van der Waals surface area contributed by atoms with Gasteiger partial charge in [0, 0.05) is 64.3 Å². The topological polar surface area (TPSA) is 61.8 Å². The number of carbonyl (C=O) groups excluding carboxylic acids is 1. The number of halogens is 1. The number of nitrogens with zero attached hydrogens (tertiary/aromatic N) is 5. The van der Waals surface area contributed by atoms with Crippen LogP contribution in [0.3, 0.4) is 0 Å². The number of hydrogen-bond acceptors (Lipinski definition) is 6. The zero-order valence-corrected chi connectivity index (χ0v) is 18.9. The van der Waals surface area contributed by atoms with Gasteiger partial charge in [0.05, 0.1) is 18.8 Å². The largest absolute Gasteiger partial charge is 0.383 e. The second kappa shape index (κ2) is 10.2. The fourth-order valence-electron chi connectivity index (χ4n) is 3.64. The maximum atomic E-state index is 12.4. The maximum absolute atomic E-state index is 12.4. The minimum absolute atomic E-state index is 0.0769. The number of rotatable bonds is 9. The predicted octanol–water partition coefficient (Wildman–Crippen LogP) is 2.79. The Labute approximate surface area is 183 Å². The third-order valence-electron chi connectivity index (χ3n) is 5.19. The highest BCUT2D eigenvalue weighted by Crippen LogP contribution is 2.28. The number of anilines is 1. The quantitative estimate of drug-likeness (QED) is 0.608. The molecule has 1 atom stereocenters. The first-order valence-electron chi connectivity index (χ1n) is 10.1. The summed E-state index contributed by atoms with van der Waals surface area (Å²) >= 11 is 6.10. The first kappa shape index (κ1) is 22.5. The van der Waals surface area contributed by atoms with Crippen molar-refractivity contribution in [1.82, 2.24) is 19.8 Å². The SMILES string of the molecule is COCCN1CC(c2cc(N(C)C)nc(CN(C)Cc3cccc(Cl)c3)n2)CC1=O. The van der Waals surface area contributed by atoms with Crippen LogP contribution in [0.4, 0.5) is 5.82 Å². The molecule has 30 heavy (non-hydrogen) atoms. The Morgan fingerprint density at radius 1 is 1.20 bits per heavy atom. The Balaban J connectivity index is 1.75. The zero-order valence-electron chi connectivity index (χ0n) is 18.1. The van der Waals surface area contributed by atoms with E-state index in [1.165, 1.54) is 0 Å². The van der Waals surface area contributed by atoms with Crippen molar-refractivity contribution >= 4 is 23.3 Å². The summed E-state index contributed by atoms with van der Waals surface area (Å²) in [6.07, 6.45) is 0.478. The van der Waals surface area contributed by atoms with Gasteiger partial charge in [0.15, 0.2) is 0 Å². The van der Waals surface area contributed by atoms with Crippen molar-refractivity contribution < 1.29 is 9.53 Å². The van der Waals surface area contributed by atoms with Gasteiger partial charge in [0.2, 0.25) is 5.91 Å². The van der Waals surface area contributed by atoms with Crippen molar-refractivity contribution in [3.05, 3.63) is 52.4 Å². The molecule has 0 radical (unpaired) electrons. The van der Waals surface area contributed by atoms with E-state index in [2.05, 4.69) is 11.0 Å². The van der Waals surface area contributed by atoms with Crippen LogP contribution >= 0.6 is 11.6 Å². The van der Waals surface area contributed by atoms with Crippen LogP contribution in [0.1, 0.15) is 29.4 Å². The first-order chi connectivity index (χ1) is 14.4. The minimum Gasteiger partial charge on any atom is -0.383 e. The molecule has 1 aromatic carbocycles. The summed E-state index contributed by atoms with van der Waals surface area (Å²) < 4.78 is 5.12. The molecular formula is C22H30ClN5O2. The van der Waals surface area contributed by atoms with Crippen molar-refractivity contribution in [3.63, 3.8) is 0 Å². The summed E-state index contributed by atoms with van der Waals surface area (Å²) in [5.41, 5.74) is 2.07. The number of methoxy groups -OCH3 is 1. The van der Waals surface area contributed by atoms with Gasteiger partial charge >= 0.3 is 0 Å². The number of ether oxygens (including phenoxy) is 1. The number of amides is 1. The van der Waals surface area contributed by atoms with Crippen molar-refractivity contribution in [3.8, 4) is 0 Å². The normalized spacial score (nSPS) is 16.5. The van der Waals surface area contributed by atoms with E-state index in [0.29, 0.717) is 32.7 Å². The molecule has 3 rings (SSSR count). The summed E-state index contributed by atoms with van der Waals surface area (Å²) in [7, 11) is 7.63. The molecule has 0 aliphatic carbocycles. The smallest absolute Gasteiger partial charge is 0.223 e. The minimum atomic E-state index is 0.0769. The number of benzene rings is 1. The van der Waals surface area contributed by atoms with E-state index in [-0.39, 0.29) is 11.8 Å². The van der Waals surface area contributed by atoms with Crippen LogP contribution in [0.5, 0.6) is 0 Å². The molecule has 7 nitrogen and oxygen atoms in total. The van der Waals surface area contributed by atoms with E-state index in [9.17, 15) is 4.79 Å². The van der Waals surface area contributed by atoms with E-state index in [1.54, 1.807) is 7.11 Å². The summed E-state index contributed by atoms with van der Waals surface area (Å²) in [4.78, 5) is 27.9. The fourth-order valence-corrected chi connectivity index (χ4v) is 3.86. The van der Waals surface area contributed by atoms with Gasteiger partial charge in [0.25, 0.3) is 0 Å². The van der Waals surface area contributed by atoms with Crippen molar-refractivity contribution in [2.75, 3.05) is 52.8 Å². The van der Waals surface area contributed by atoms with Crippen LogP contribution < -0.4 is 4.90 Å². The van der Waals surface area contributed by atoms with E-state index < -0.39 is 0 Å². The van der Waals surface area contributed by atoms with Gasteiger partial charge in [-0.15, -0.1) is 0 Å². The Bertz CT molecular complexity index is 876. The fraction of sp³-hybridized carbons (Fsp3) is 0.500. The van der Waals surface area contributed by atoms with Crippen molar-refractivity contribution in [2.24, 2.45) is 0 Å². The van der Waals surface area contributed by atoms with Crippen molar-refractivity contribution in [2.45, 2.75) is 25.4 Å². The molecule has 1 saturated heterocycles. The molecule has 2 aromatic rings. The number of hydrogen-bond donors (Lipinski definition) is 0. The molecule has 1 aliphatic rings. The Morgan fingerprint density at radius 2 is 2.00 bits per heavy atom. The molecule has 1 aromatic heterocycles. The average molecular weight is 432 g/mol. The molecule has 1 aliphatic heterocycles. The van der Waals surface area contributed by atoms with Gasteiger partial charge in [-0.3, -0.25) is 9.69 Å². The van der Waals surface area contributed by atoms with Gasteiger partial charge in [-0.2, -0.15) is 0 Å². The number of aromatic nitrogens is 2. The van der Waals surface area contributed by atoms with Gasteiger partial charge in [-0.05, 0) is 24.7 Å². The Kier molecular flexibility index (Phi) is 7.64. The lowest BCUT2D eigenvalue weighted by Crippen LogP contribution is -2.28. The lowest BCUT2D eigenvalue weighted by Gasteiger charge is -2.20. The molecule has 0 spiro atoms. The maximum Gasteiger partial charge on any atom is 0.223 e. The number of carbonyl (C=O) groups is 1. The lowest BCUT2D eigenvalue weighted by molar-refractivity contribution is -0.128. The lowest BCUT2D eigenvalue weighted by atomic mass is 10.0. The molecule has 8 heteroatoms. The van der Waals surface area contributed by atoms with Crippen LogP contribution in [0.25, 0.3) is 0 Å². The Morgan fingerprint density at radius 3 is 2.70 bits per heavy atom. The number of likely N-dealkylation sites (tertiary alicyclic amines) is 1. The molecule has 2 heterocycles. The van der Waals surface area contributed by atoms with Gasteiger partial charge < -0.3 is 14.5 Å². The predicted molar refractivity (Wildman–Crippen MR) is 119 cm³/mol. The molecule has 1 unspecified atom stereocenters. The molecular weight excluding hydrogens is 402 g/mol. The molecule has 162 valence electrons. The molecule has 1 fully saturated rings. The first-order valence-corrected chi connectivity index (χ1v) is 10.5. The Hall–Kier alpha value is -2.22. The van der Waals surface area contributed by atoms with Crippen LogP contribution in [-0.2, 0) is 22.6 Å². The highest BCUT2D eigenvalue weighted by molar-refractivity contribution is 6.30.